The lowest BCUT2D eigenvalue weighted by atomic mass is 9.94. The lowest BCUT2D eigenvalue weighted by Gasteiger charge is -2.29. The summed E-state index contributed by atoms with van der Waals surface area (Å²) in [4.78, 5) is 33.3. The second-order valence-electron chi connectivity index (χ2n) is 9.73. The fraction of sp³-hybridized carbons (Fsp3) is 0.321. The number of hydrogen-bond acceptors (Lipinski definition) is 6. The third-order valence-electron chi connectivity index (χ3n) is 6.21. The second kappa shape index (κ2) is 10.2. The van der Waals surface area contributed by atoms with Crippen molar-refractivity contribution in [3.8, 4) is 5.69 Å². The number of amides is 1. The Morgan fingerprint density at radius 1 is 1.17 bits per heavy atom. The standard InChI is InChI=1S/C28H29N3O3S2/c1-18(14-19-10-6-4-7-11-19)29-23(32)17-35-27-30-25-24(21-15-28(2,3)34-16-22(21)36-25)26(33)31(27)20-12-8-5-9-13-20/h4-13,18H,14-17H2,1-3H3,(H,29,32)/t18-/m1/s1. The van der Waals surface area contributed by atoms with Gasteiger partial charge in [-0.15, -0.1) is 11.3 Å². The first-order chi connectivity index (χ1) is 17.3. The van der Waals surface area contributed by atoms with Crippen LogP contribution in [0.4, 0.5) is 0 Å². The molecule has 36 heavy (non-hydrogen) atoms. The highest BCUT2D eigenvalue weighted by Crippen LogP contribution is 2.37. The molecule has 3 heterocycles. The minimum atomic E-state index is -0.326. The number of carbonyl (C=O) groups excluding carboxylic acids is 1. The molecule has 1 aliphatic rings. The maximum Gasteiger partial charge on any atom is 0.267 e. The fourth-order valence-electron chi connectivity index (χ4n) is 4.54. The van der Waals surface area contributed by atoms with Gasteiger partial charge in [-0.3, -0.25) is 14.2 Å². The second-order valence-corrected chi connectivity index (χ2v) is 11.8. The zero-order valence-electron chi connectivity index (χ0n) is 20.6. The van der Waals surface area contributed by atoms with Crippen LogP contribution >= 0.6 is 23.1 Å². The van der Waals surface area contributed by atoms with E-state index in [0.717, 1.165) is 22.5 Å². The number of benzene rings is 2. The Hall–Kier alpha value is -2.94. The quantitative estimate of drug-likeness (QED) is 0.270. The monoisotopic (exact) mass is 519 g/mol. The van der Waals surface area contributed by atoms with E-state index >= 15 is 0 Å². The Bertz CT molecular complexity index is 1450. The Balaban J connectivity index is 1.43. The summed E-state index contributed by atoms with van der Waals surface area (Å²) in [6.45, 7) is 6.58. The van der Waals surface area contributed by atoms with Crippen molar-refractivity contribution in [2.75, 3.05) is 5.75 Å². The maximum absolute atomic E-state index is 13.9. The van der Waals surface area contributed by atoms with Crippen molar-refractivity contribution < 1.29 is 9.53 Å². The molecule has 1 atom stereocenters. The van der Waals surface area contributed by atoms with E-state index in [2.05, 4.69) is 17.4 Å². The molecule has 0 bridgehead atoms. The van der Waals surface area contributed by atoms with Crippen LogP contribution in [-0.2, 0) is 29.0 Å². The molecule has 2 aromatic carbocycles. The zero-order valence-corrected chi connectivity index (χ0v) is 22.2. The van der Waals surface area contributed by atoms with E-state index < -0.39 is 0 Å². The van der Waals surface area contributed by atoms with Crippen molar-refractivity contribution in [2.24, 2.45) is 0 Å². The van der Waals surface area contributed by atoms with Crippen LogP contribution in [0.2, 0.25) is 0 Å². The van der Waals surface area contributed by atoms with Gasteiger partial charge in [0.25, 0.3) is 5.56 Å². The molecule has 6 nitrogen and oxygen atoms in total. The largest absolute Gasteiger partial charge is 0.370 e. The van der Waals surface area contributed by atoms with Gasteiger partial charge in [0.2, 0.25) is 5.91 Å². The molecule has 0 unspecified atom stereocenters. The van der Waals surface area contributed by atoms with Gasteiger partial charge in [0.15, 0.2) is 5.16 Å². The molecule has 8 heteroatoms. The van der Waals surface area contributed by atoms with E-state index in [9.17, 15) is 9.59 Å². The molecule has 4 aromatic rings. The third-order valence-corrected chi connectivity index (χ3v) is 8.25. The van der Waals surface area contributed by atoms with Gasteiger partial charge in [-0.2, -0.15) is 0 Å². The van der Waals surface area contributed by atoms with Gasteiger partial charge in [-0.1, -0.05) is 60.3 Å². The fourth-order valence-corrected chi connectivity index (χ4v) is 6.51. The van der Waals surface area contributed by atoms with Crippen molar-refractivity contribution in [3.05, 3.63) is 87.0 Å². The molecular weight excluding hydrogens is 490 g/mol. The Morgan fingerprint density at radius 3 is 2.58 bits per heavy atom. The Kier molecular flexibility index (Phi) is 7.01. The average Bonchev–Trinajstić information content (AvgIpc) is 3.20. The number of fused-ring (bicyclic) bond motifs is 3. The predicted molar refractivity (Wildman–Crippen MR) is 146 cm³/mol. The summed E-state index contributed by atoms with van der Waals surface area (Å²) in [6, 6.07) is 19.6. The van der Waals surface area contributed by atoms with Crippen LogP contribution in [0.25, 0.3) is 15.9 Å². The highest BCUT2D eigenvalue weighted by atomic mass is 32.2. The number of aromatic nitrogens is 2. The molecule has 0 radical (unpaired) electrons. The van der Waals surface area contributed by atoms with Crippen molar-refractivity contribution in [3.63, 3.8) is 0 Å². The lowest BCUT2D eigenvalue weighted by molar-refractivity contribution is -0.119. The topological polar surface area (TPSA) is 73.2 Å². The predicted octanol–water partition coefficient (Wildman–Crippen LogP) is 5.14. The van der Waals surface area contributed by atoms with Crippen molar-refractivity contribution in [1.29, 1.82) is 0 Å². The Labute approximate surface area is 218 Å². The van der Waals surface area contributed by atoms with Gasteiger partial charge >= 0.3 is 0 Å². The summed E-state index contributed by atoms with van der Waals surface area (Å²) in [5.41, 5.74) is 2.53. The summed E-state index contributed by atoms with van der Waals surface area (Å²) in [7, 11) is 0. The summed E-state index contributed by atoms with van der Waals surface area (Å²) in [5, 5.41) is 4.25. The summed E-state index contributed by atoms with van der Waals surface area (Å²) >= 11 is 2.80. The summed E-state index contributed by atoms with van der Waals surface area (Å²) < 4.78 is 7.62. The highest BCUT2D eigenvalue weighted by Gasteiger charge is 2.31. The van der Waals surface area contributed by atoms with Crippen molar-refractivity contribution in [1.82, 2.24) is 14.9 Å². The summed E-state index contributed by atoms with van der Waals surface area (Å²) in [5.74, 6) is 0.0866. The van der Waals surface area contributed by atoms with Crippen molar-refractivity contribution >= 4 is 39.2 Å². The number of para-hydroxylation sites is 1. The first-order valence-corrected chi connectivity index (χ1v) is 13.8. The molecule has 1 N–H and O–H groups in total. The number of carbonyl (C=O) groups is 1. The van der Waals surface area contributed by atoms with Gasteiger partial charge in [-0.25, -0.2) is 4.98 Å². The molecule has 0 spiro atoms. The smallest absolute Gasteiger partial charge is 0.267 e. The van der Waals surface area contributed by atoms with Gasteiger partial charge < -0.3 is 10.1 Å². The Morgan fingerprint density at radius 2 is 1.86 bits per heavy atom. The summed E-state index contributed by atoms with van der Waals surface area (Å²) in [6.07, 6.45) is 1.43. The van der Waals surface area contributed by atoms with Crippen LogP contribution in [0.3, 0.4) is 0 Å². The number of rotatable bonds is 7. The number of thiophene rings is 1. The molecule has 2 aromatic heterocycles. The van der Waals surface area contributed by atoms with Crippen LogP contribution in [-0.4, -0.2) is 32.9 Å². The minimum Gasteiger partial charge on any atom is -0.370 e. The molecule has 0 saturated heterocycles. The maximum atomic E-state index is 13.9. The molecule has 0 aliphatic carbocycles. The number of ether oxygens (including phenoxy) is 1. The number of nitrogens with one attached hydrogen (secondary N) is 1. The van der Waals surface area contributed by atoms with Crippen LogP contribution in [0.5, 0.6) is 0 Å². The first-order valence-electron chi connectivity index (χ1n) is 12.0. The highest BCUT2D eigenvalue weighted by molar-refractivity contribution is 7.99. The van der Waals surface area contributed by atoms with Crippen LogP contribution in [0.1, 0.15) is 36.8 Å². The van der Waals surface area contributed by atoms with E-state index in [4.69, 9.17) is 9.72 Å². The molecule has 0 saturated carbocycles. The first kappa shape index (κ1) is 24.7. The van der Waals surface area contributed by atoms with E-state index in [1.54, 1.807) is 4.57 Å². The normalized spacial score (nSPS) is 15.4. The van der Waals surface area contributed by atoms with E-state index in [-0.39, 0.29) is 28.9 Å². The molecule has 5 rings (SSSR count). The number of nitrogens with zero attached hydrogens (tertiary/aromatic N) is 2. The van der Waals surface area contributed by atoms with E-state index in [1.807, 2.05) is 69.3 Å². The van der Waals surface area contributed by atoms with E-state index in [1.165, 1.54) is 28.7 Å². The number of thioether (sulfide) groups is 1. The minimum absolute atomic E-state index is 0.000342. The molecule has 0 fully saturated rings. The van der Waals surface area contributed by atoms with Gasteiger partial charge in [0.1, 0.15) is 4.83 Å². The number of hydrogen-bond donors (Lipinski definition) is 1. The molecule has 1 amide bonds. The molecular formula is C28H29N3O3S2. The van der Waals surface area contributed by atoms with Crippen LogP contribution in [0.15, 0.2) is 70.6 Å². The SMILES string of the molecule is C[C@H](Cc1ccccc1)NC(=O)CSc1nc2sc3c(c2c(=O)n1-c1ccccc1)CC(C)(C)OC3. The third kappa shape index (κ3) is 5.26. The zero-order chi connectivity index (χ0) is 25.3. The molecule has 186 valence electrons. The van der Waals surface area contributed by atoms with Gasteiger partial charge in [0, 0.05) is 17.3 Å². The average molecular weight is 520 g/mol. The van der Waals surface area contributed by atoms with Gasteiger partial charge in [-0.05, 0) is 50.5 Å². The molecule has 1 aliphatic heterocycles. The van der Waals surface area contributed by atoms with Crippen molar-refractivity contribution in [2.45, 2.75) is 57.0 Å². The van der Waals surface area contributed by atoms with Gasteiger partial charge in [0.05, 0.1) is 29.0 Å². The van der Waals surface area contributed by atoms with E-state index in [0.29, 0.717) is 28.4 Å². The van der Waals surface area contributed by atoms with Crippen LogP contribution in [0, 0.1) is 0 Å². The lowest BCUT2D eigenvalue weighted by Crippen LogP contribution is -2.35. The van der Waals surface area contributed by atoms with Crippen LogP contribution < -0.4 is 10.9 Å².